The third kappa shape index (κ3) is 4.65. The molecule has 0 bridgehead atoms. The second kappa shape index (κ2) is 9.83. The van der Waals surface area contributed by atoms with E-state index in [1.807, 2.05) is 10.9 Å². The molecule has 2 saturated heterocycles. The van der Waals surface area contributed by atoms with Crippen molar-refractivity contribution in [2.75, 3.05) is 18.4 Å². The van der Waals surface area contributed by atoms with E-state index in [4.69, 9.17) is 0 Å². The van der Waals surface area contributed by atoms with Crippen molar-refractivity contribution in [1.82, 2.24) is 24.9 Å². The minimum Gasteiger partial charge on any atom is -0.380 e. The van der Waals surface area contributed by atoms with E-state index in [1.165, 1.54) is 0 Å². The van der Waals surface area contributed by atoms with Crippen LogP contribution in [0, 0.1) is 5.92 Å². The van der Waals surface area contributed by atoms with E-state index in [-0.39, 0.29) is 35.9 Å². The van der Waals surface area contributed by atoms with Crippen molar-refractivity contribution in [3.63, 3.8) is 0 Å². The van der Waals surface area contributed by atoms with E-state index < -0.39 is 35.6 Å². The van der Waals surface area contributed by atoms with Gasteiger partial charge >= 0.3 is 0 Å². The highest BCUT2D eigenvalue weighted by Crippen LogP contribution is 2.43. The lowest BCUT2D eigenvalue weighted by molar-refractivity contribution is -0.160. The molecule has 2 N–H and O–H groups in total. The highest BCUT2D eigenvalue weighted by molar-refractivity contribution is 6.25. The summed E-state index contributed by atoms with van der Waals surface area (Å²) in [6, 6.07) is 4.23. The molecule has 1 atom stereocenters. The molecule has 4 heterocycles. The van der Waals surface area contributed by atoms with Gasteiger partial charge in [0.25, 0.3) is 11.8 Å². The number of benzene rings is 1. The highest BCUT2D eigenvalue weighted by Gasteiger charge is 2.50. The first kappa shape index (κ1) is 26.1. The molecule has 0 spiro atoms. The Balaban J connectivity index is 1.07. The van der Waals surface area contributed by atoms with Gasteiger partial charge in [0.1, 0.15) is 6.04 Å². The highest BCUT2D eigenvalue weighted by atomic mass is 19.3. The zero-order valence-corrected chi connectivity index (χ0v) is 21.9. The number of hydrogen-bond donors (Lipinski definition) is 2. The molecule has 2 aromatic rings. The quantitative estimate of drug-likeness (QED) is 0.532. The van der Waals surface area contributed by atoms with E-state index in [9.17, 15) is 28.0 Å². The number of allylic oxidation sites excluding steroid dienone is 1. The molecule has 0 radical (unpaired) electrons. The van der Waals surface area contributed by atoms with Gasteiger partial charge in [-0.3, -0.25) is 28.8 Å². The van der Waals surface area contributed by atoms with E-state index in [0.29, 0.717) is 56.7 Å². The molecule has 1 aromatic carbocycles. The van der Waals surface area contributed by atoms with E-state index in [0.717, 1.165) is 10.5 Å². The summed E-state index contributed by atoms with van der Waals surface area (Å²) in [4.78, 5) is 54.1. The third-order valence-electron chi connectivity index (χ3n) is 8.31. The number of imide groups is 1. The fourth-order valence-corrected chi connectivity index (χ4v) is 6.05. The maximum atomic E-state index is 13.3. The van der Waals surface area contributed by atoms with Gasteiger partial charge in [0, 0.05) is 61.5 Å². The fraction of sp³-hybridized carbons (Fsp3) is 0.464. The Kier molecular flexibility index (Phi) is 6.42. The van der Waals surface area contributed by atoms with Crippen LogP contribution in [0.1, 0.15) is 70.8 Å². The molecule has 6 rings (SSSR count). The van der Waals surface area contributed by atoms with Crippen molar-refractivity contribution in [1.29, 1.82) is 0 Å². The second-order valence-electron chi connectivity index (χ2n) is 11.1. The first-order chi connectivity index (χ1) is 19.1. The summed E-state index contributed by atoms with van der Waals surface area (Å²) in [5.41, 5.74) is 2.45. The molecular formula is C28H30F2N6O4. The molecule has 1 unspecified atom stereocenters. The van der Waals surface area contributed by atoms with E-state index in [2.05, 4.69) is 22.3 Å². The molecule has 12 heteroatoms. The summed E-state index contributed by atoms with van der Waals surface area (Å²) in [5.74, 6) is -4.85. The molecule has 210 valence electrons. The zero-order valence-electron chi connectivity index (χ0n) is 21.9. The van der Waals surface area contributed by atoms with Crippen molar-refractivity contribution in [3.8, 4) is 0 Å². The number of carbonyl (C=O) groups excluding carboxylic acids is 4. The first-order valence-corrected chi connectivity index (χ1v) is 13.5. The predicted octanol–water partition coefficient (Wildman–Crippen LogP) is 3.09. The summed E-state index contributed by atoms with van der Waals surface area (Å²) < 4.78 is 28.2. The van der Waals surface area contributed by atoms with Crippen LogP contribution in [0.15, 0.2) is 42.9 Å². The van der Waals surface area contributed by atoms with Crippen molar-refractivity contribution < 1.29 is 28.0 Å². The average Bonchev–Trinajstić information content (AvgIpc) is 3.49. The number of anilines is 1. The summed E-state index contributed by atoms with van der Waals surface area (Å²) in [5, 5.41) is 10.4. The Morgan fingerprint density at radius 2 is 1.88 bits per heavy atom. The van der Waals surface area contributed by atoms with Gasteiger partial charge in [0.05, 0.1) is 23.4 Å². The maximum absolute atomic E-state index is 13.3. The van der Waals surface area contributed by atoms with Crippen LogP contribution in [-0.2, 0) is 16.1 Å². The first-order valence-electron chi connectivity index (χ1n) is 13.5. The van der Waals surface area contributed by atoms with Crippen LogP contribution < -0.4 is 10.6 Å². The molecule has 40 heavy (non-hydrogen) atoms. The Morgan fingerprint density at radius 3 is 2.58 bits per heavy atom. The zero-order chi connectivity index (χ0) is 28.2. The van der Waals surface area contributed by atoms with Crippen molar-refractivity contribution in [2.45, 2.75) is 63.1 Å². The lowest BCUT2D eigenvalue weighted by Gasteiger charge is -2.39. The largest absolute Gasteiger partial charge is 0.380 e. The lowest BCUT2D eigenvalue weighted by atomic mass is 9.80. The number of amides is 4. The van der Waals surface area contributed by atoms with Crippen LogP contribution in [0.3, 0.4) is 0 Å². The number of aromatic nitrogens is 2. The standard InChI is InChI=1S/C28H30F2N6O4/c1-16-5-6-22(24(37)33-16)36-26(39)20-3-2-4-21(23(20)27(36)40)31-13-17-14-32-35(15-17)19-7-9-34(10-8-19)25(38)18-11-28(29,30)12-18/h2-4,14-15,18-19,22,31H,1,5-13H2,(H,33,37). The molecular weight excluding hydrogens is 522 g/mol. The second-order valence-corrected chi connectivity index (χ2v) is 11.1. The Bertz CT molecular complexity index is 1410. The van der Waals surface area contributed by atoms with Crippen LogP contribution in [0.4, 0.5) is 14.5 Å². The number of carbonyl (C=O) groups is 4. The van der Waals surface area contributed by atoms with Gasteiger partial charge in [-0.1, -0.05) is 12.6 Å². The normalized spacial score (nSPS) is 23.2. The Labute approximate surface area is 229 Å². The summed E-state index contributed by atoms with van der Waals surface area (Å²) in [6.45, 7) is 5.13. The van der Waals surface area contributed by atoms with Crippen LogP contribution in [0.2, 0.25) is 0 Å². The maximum Gasteiger partial charge on any atom is 0.264 e. The summed E-state index contributed by atoms with van der Waals surface area (Å²) >= 11 is 0. The summed E-state index contributed by atoms with van der Waals surface area (Å²) in [6.07, 6.45) is 5.13. The number of halogens is 2. The molecule has 3 aliphatic heterocycles. The minimum absolute atomic E-state index is 0.0899. The summed E-state index contributed by atoms with van der Waals surface area (Å²) in [7, 11) is 0. The van der Waals surface area contributed by atoms with Gasteiger partial charge in [0.2, 0.25) is 17.7 Å². The average molecular weight is 553 g/mol. The van der Waals surface area contributed by atoms with E-state index >= 15 is 0 Å². The van der Waals surface area contributed by atoms with Crippen molar-refractivity contribution >= 4 is 29.3 Å². The smallest absolute Gasteiger partial charge is 0.264 e. The van der Waals surface area contributed by atoms with Gasteiger partial charge in [-0.25, -0.2) is 8.78 Å². The lowest BCUT2D eigenvalue weighted by Crippen LogP contribution is -2.51. The van der Waals surface area contributed by atoms with Gasteiger partial charge in [-0.2, -0.15) is 5.10 Å². The molecule has 3 fully saturated rings. The van der Waals surface area contributed by atoms with Crippen LogP contribution in [-0.4, -0.2) is 68.3 Å². The molecule has 1 saturated carbocycles. The molecule has 4 amide bonds. The molecule has 4 aliphatic rings. The number of rotatable bonds is 6. The van der Waals surface area contributed by atoms with Crippen molar-refractivity contribution in [2.24, 2.45) is 5.92 Å². The number of alkyl halides is 2. The number of piperidine rings is 2. The minimum atomic E-state index is -2.71. The molecule has 10 nitrogen and oxygen atoms in total. The van der Waals surface area contributed by atoms with Crippen LogP contribution >= 0.6 is 0 Å². The van der Waals surface area contributed by atoms with E-state index in [1.54, 1.807) is 29.3 Å². The third-order valence-corrected chi connectivity index (χ3v) is 8.31. The predicted molar refractivity (Wildman–Crippen MR) is 139 cm³/mol. The van der Waals surface area contributed by atoms with Gasteiger partial charge < -0.3 is 15.5 Å². The van der Waals surface area contributed by atoms with Gasteiger partial charge in [0.15, 0.2) is 0 Å². The van der Waals surface area contributed by atoms with Gasteiger partial charge in [-0.15, -0.1) is 0 Å². The Morgan fingerprint density at radius 1 is 1.12 bits per heavy atom. The topological polar surface area (TPSA) is 117 Å². The number of nitrogens with zero attached hydrogens (tertiary/aromatic N) is 4. The Hall–Kier alpha value is -4.09. The molecule has 1 aromatic heterocycles. The van der Waals surface area contributed by atoms with Gasteiger partial charge in [-0.05, 0) is 37.8 Å². The fourth-order valence-electron chi connectivity index (χ4n) is 6.05. The molecule has 1 aliphatic carbocycles. The van der Waals surface area contributed by atoms with Crippen LogP contribution in [0.5, 0.6) is 0 Å². The van der Waals surface area contributed by atoms with Crippen LogP contribution in [0.25, 0.3) is 0 Å². The number of nitrogens with one attached hydrogen (secondary N) is 2. The van der Waals surface area contributed by atoms with Crippen molar-refractivity contribution in [3.05, 3.63) is 59.6 Å². The SMILES string of the molecule is C=C1CCC(N2C(=O)c3cccc(NCc4cnn(C5CCN(C(=O)C6CC(F)(F)C6)CC5)c4)c3C2=O)C(=O)N1. The number of hydrogen-bond acceptors (Lipinski definition) is 6. The number of likely N-dealkylation sites (tertiary alicyclic amines) is 1. The number of fused-ring (bicyclic) bond motifs is 1. The monoisotopic (exact) mass is 552 g/mol.